The highest BCUT2D eigenvalue weighted by atomic mass is 32.2. The van der Waals surface area contributed by atoms with E-state index >= 15 is 0 Å². The number of amides is 1. The Morgan fingerprint density at radius 2 is 2.00 bits per heavy atom. The second kappa shape index (κ2) is 7.09. The lowest BCUT2D eigenvalue weighted by atomic mass is 10.1. The van der Waals surface area contributed by atoms with E-state index in [0.717, 1.165) is 5.56 Å². The summed E-state index contributed by atoms with van der Waals surface area (Å²) in [6.45, 7) is 4.75. The van der Waals surface area contributed by atoms with Gasteiger partial charge in [-0.25, -0.2) is 8.42 Å². The Morgan fingerprint density at radius 3 is 2.68 bits per heavy atom. The van der Waals surface area contributed by atoms with E-state index in [-0.39, 0.29) is 23.3 Å². The van der Waals surface area contributed by atoms with Crippen LogP contribution in [0, 0.1) is 12.8 Å². The molecule has 1 aliphatic rings. The van der Waals surface area contributed by atoms with Crippen molar-refractivity contribution >= 4 is 21.8 Å². The van der Waals surface area contributed by atoms with Gasteiger partial charge < -0.3 is 4.90 Å². The Morgan fingerprint density at radius 1 is 1.32 bits per heavy atom. The molecule has 1 saturated heterocycles. The average Bonchev–Trinajstić information content (AvgIpc) is 2.58. The molecule has 4 nitrogen and oxygen atoms in total. The summed E-state index contributed by atoms with van der Waals surface area (Å²) in [5.41, 5.74) is 2.26. The van der Waals surface area contributed by atoms with Crippen LogP contribution in [-0.2, 0) is 14.6 Å². The molecule has 120 valence electrons. The molecule has 2 rings (SSSR count). The molecule has 0 aromatic heterocycles. The van der Waals surface area contributed by atoms with Crippen LogP contribution < -0.4 is 0 Å². The van der Waals surface area contributed by atoms with Crippen molar-refractivity contribution in [2.24, 2.45) is 5.92 Å². The van der Waals surface area contributed by atoms with Crippen molar-refractivity contribution in [1.29, 1.82) is 0 Å². The molecule has 0 saturated carbocycles. The summed E-state index contributed by atoms with van der Waals surface area (Å²) in [5.74, 6) is 0.241. The molecule has 1 aromatic carbocycles. The highest BCUT2D eigenvalue weighted by Crippen LogP contribution is 2.13. The van der Waals surface area contributed by atoms with Gasteiger partial charge in [-0.05, 0) is 18.4 Å². The first-order valence-electron chi connectivity index (χ1n) is 7.57. The van der Waals surface area contributed by atoms with Gasteiger partial charge in [-0.3, -0.25) is 4.79 Å². The lowest BCUT2D eigenvalue weighted by Gasteiger charge is -2.21. The predicted molar refractivity (Wildman–Crippen MR) is 89.2 cm³/mol. The molecule has 1 fully saturated rings. The van der Waals surface area contributed by atoms with E-state index in [4.69, 9.17) is 0 Å². The topological polar surface area (TPSA) is 54.5 Å². The fourth-order valence-corrected chi connectivity index (χ4v) is 4.25. The number of hydrogen-bond acceptors (Lipinski definition) is 3. The summed E-state index contributed by atoms with van der Waals surface area (Å²) in [5, 5.41) is 0. The van der Waals surface area contributed by atoms with Crippen molar-refractivity contribution in [3.63, 3.8) is 0 Å². The lowest BCUT2D eigenvalue weighted by Crippen LogP contribution is -2.34. The maximum Gasteiger partial charge on any atom is 0.226 e. The average molecular weight is 321 g/mol. The first-order valence-corrected chi connectivity index (χ1v) is 9.39. The maximum absolute atomic E-state index is 12.2. The molecule has 0 aliphatic carbocycles. The van der Waals surface area contributed by atoms with E-state index in [1.807, 2.05) is 50.3 Å². The van der Waals surface area contributed by atoms with Gasteiger partial charge in [0, 0.05) is 19.5 Å². The Kier molecular flexibility index (Phi) is 5.40. The second-order valence-electron chi connectivity index (χ2n) is 6.08. The minimum Gasteiger partial charge on any atom is -0.341 e. The van der Waals surface area contributed by atoms with Gasteiger partial charge >= 0.3 is 0 Å². The lowest BCUT2D eigenvalue weighted by molar-refractivity contribution is -0.130. The van der Waals surface area contributed by atoms with Crippen LogP contribution >= 0.6 is 0 Å². The van der Waals surface area contributed by atoms with Crippen molar-refractivity contribution in [2.75, 3.05) is 24.6 Å². The summed E-state index contributed by atoms with van der Waals surface area (Å²) in [7, 11) is -3.01. The zero-order valence-corrected chi connectivity index (χ0v) is 14.0. The summed E-state index contributed by atoms with van der Waals surface area (Å²) < 4.78 is 23.4. The number of sulfone groups is 1. The number of carbonyl (C=O) groups is 1. The molecule has 1 aromatic rings. The van der Waals surface area contributed by atoms with Crippen molar-refractivity contribution in [3.05, 3.63) is 41.5 Å². The van der Waals surface area contributed by atoms with Crippen LogP contribution in [-0.4, -0.2) is 43.8 Å². The molecule has 1 heterocycles. The molecule has 0 radical (unpaired) electrons. The Labute approximate surface area is 132 Å². The van der Waals surface area contributed by atoms with Gasteiger partial charge in [-0.15, -0.1) is 0 Å². The van der Waals surface area contributed by atoms with E-state index in [2.05, 4.69) is 0 Å². The maximum atomic E-state index is 12.2. The second-order valence-corrected chi connectivity index (χ2v) is 8.31. The Bertz CT molecular complexity index is 647. The number of carbonyl (C=O) groups excluding carboxylic acids is 1. The van der Waals surface area contributed by atoms with Crippen LogP contribution in [0.4, 0.5) is 0 Å². The minimum atomic E-state index is -3.01. The summed E-state index contributed by atoms with van der Waals surface area (Å²) in [4.78, 5) is 13.9. The van der Waals surface area contributed by atoms with Crippen LogP contribution in [0.25, 0.3) is 6.08 Å². The van der Waals surface area contributed by atoms with Crippen molar-refractivity contribution in [3.8, 4) is 0 Å². The van der Waals surface area contributed by atoms with E-state index in [0.29, 0.717) is 19.5 Å². The van der Waals surface area contributed by atoms with Gasteiger partial charge in [-0.2, -0.15) is 0 Å². The molecule has 1 atom stereocenters. The van der Waals surface area contributed by atoms with E-state index < -0.39 is 9.84 Å². The third-order valence-electron chi connectivity index (χ3n) is 3.78. The predicted octanol–water partition coefficient (Wildman–Crippen LogP) is 2.29. The highest BCUT2D eigenvalue weighted by Gasteiger charge is 2.26. The van der Waals surface area contributed by atoms with E-state index in [1.54, 1.807) is 4.90 Å². The Balaban J connectivity index is 1.93. The number of benzene rings is 1. The van der Waals surface area contributed by atoms with Crippen LogP contribution in [0.2, 0.25) is 0 Å². The van der Waals surface area contributed by atoms with Gasteiger partial charge in [0.15, 0.2) is 9.84 Å². The third kappa shape index (κ3) is 4.98. The minimum absolute atomic E-state index is 0.00229. The van der Waals surface area contributed by atoms with Gasteiger partial charge in [0.1, 0.15) is 0 Å². The monoisotopic (exact) mass is 321 g/mol. The Hall–Kier alpha value is -1.62. The third-order valence-corrected chi connectivity index (χ3v) is 5.66. The number of hydrogen-bond donors (Lipinski definition) is 0. The van der Waals surface area contributed by atoms with Gasteiger partial charge in [-0.1, -0.05) is 48.9 Å². The molecule has 1 amide bonds. The standard InChI is InChI=1S/C17H23NO3S/c1-14-6-8-16(9-7-14)4-3-5-17(19)18-10-11-22(20,21)13-15(2)12-18/h3-4,6-9,15H,5,10-13H2,1-2H3. The molecule has 1 unspecified atom stereocenters. The summed E-state index contributed by atoms with van der Waals surface area (Å²) >= 11 is 0. The number of rotatable bonds is 3. The molecular formula is C17H23NO3S. The SMILES string of the molecule is Cc1ccc(C=CCC(=O)N2CCS(=O)(=O)CC(C)C2)cc1. The van der Waals surface area contributed by atoms with Gasteiger partial charge in [0.2, 0.25) is 5.91 Å². The molecule has 0 spiro atoms. The smallest absolute Gasteiger partial charge is 0.226 e. The zero-order valence-electron chi connectivity index (χ0n) is 13.2. The zero-order chi connectivity index (χ0) is 16.2. The van der Waals surface area contributed by atoms with Crippen LogP contribution in [0.5, 0.6) is 0 Å². The quantitative estimate of drug-likeness (QED) is 0.858. The fraction of sp³-hybridized carbons (Fsp3) is 0.471. The van der Waals surface area contributed by atoms with Crippen LogP contribution in [0.1, 0.15) is 24.5 Å². The van der Waals surface area contributed by atoms with Crippen LogP contribution in [0.3, 0.4) is 0 Å². The first-order chi connectivity index (χ1) is 10.4. The fourth-order valence-electron chi connectivity index (χ4n) is 2.62. The summed E-state index contributed by atoms with van der Waals surface area (Å²) in [6.07, 6.45) is 4.08. The molecule has 0 bridgehead atoms. The first kappa shape index (κ1) is 16.7. The van der Waals surface area contributed by atoms with Crippen molar-refractivity contribution in [2.45, 2.75) is 20.3 Å². The summed E-state index contributed by atoms with van der Waals surface area (Å²) in [6, 6.07) is 8.08. The normalized spacial score (nSPS) is 21.7. The number of aryl methyl sites for hydroxylation is 1. The van der Waals surface area contributed by atoms with Gasteiger partial charge in [0.05, 0.1) is 11.5 Å². The molecule has 22 heavy (non-hydrogen) atoms. The van der Waals surface area contributed by atoms with Gasteiger partial charge in [0.25, 0.3) is 0 Å². The number of nitrogens with zero attached hydrogens (tertiary/aromatic N) is 1. The van der Waals surface area contributed by atoms with Crippen molar-refractivity contribution in [1.82, 2.24) is 4.90 Å². The van der Waals surface area contributed by atoms with Crippen molar-refractivity contribution < 1.29 is 13.2 Å². The van der Waals surface area contributed by atoms with E-state index in [9.17, 15) is 13.2 Å². The molecule has 1 aliphatic heterocycles. The molecule has 5 heteroatoms. The van der Waals surface area contributed by atoms with E-state index in [1.165, 1.54) is 5.56 Å². The molecular weight excluding hydrogens is 298 g/mol. The molecule has 0 N–H and O–H groups in total. The largest absolute Gasteiger partial charge is 0.341 e. The van der Waals surface area contributed by atoms with Crippen LogP contribution in [0.15, 0.2) is 30.3 Å². The highest BCUT2D eigenvalue weighted by molar-refractivity contribution is 7.91.